The lowest BCUT2D eigenvalue weighted by atomic mass is 10.0. The zero-order valence-corrected chi connectivity index (χ0v) is 19.0. The number of aromatic nitrogens is 1. The molecule has 0 fully saturated rings. The molecule has 8 heteroatoms. The van der Waals surface area contributed by atoms with Gasteiger partial charge in [0, 0.05) is 40.1 Å². The molecule has 3 N–H and O–H groups in total. The number of rotatable bonds is 3. The highest BCUT2D eigenvalue weighted by molar-refractivity contribution is 7.21. The smallest absolute Gasteiger partial charge is 0.251 e. The van der Waals surface area contributed by atoms with E-state index in [1.807, 2.05) is 36.4 Å². The fraction of sp³-hybridized carbons (Fsp3) is 0.130. The zero-order chi connectivity index (χ0) is 21.5. The number of anilines is 1. The minimum atomic E-state index is -0.134. The molecule has 5 rings (SSSR count). The van der Waals surface area contributed by atoms with E-state index in [0.717, 1.165) is 43.6 Å². The van der Waals surface area contributed by atoms with Crippen molar-refractivity contribution in [2.45, 2.75) is 6.42 Å². The summed E-state index contributed by atoms with van der Waals surface area (Å²) in [5.74, 6) is 0.586. The molecule has 2 aromatic carbocycles. The fourth-order valence-corrected chi connectivity index (χ4v) is 6.15. The summed E-state index contributed by atoms with van der Waals surface area (Å²) in [6, 6.07) is 15.5. The van der Waals surface area contributed by atoms with Gasteiger partial charge in [-0.3, -0.25) is 4.79 Å². The summed E-state index contributed by atoms with van der Waals surface area (Å²) >= 11 is 9.56. The quantitative estimate of drug-likeness (QED) is 0.403. The lowest BCUT2D eigenvalue weighted by Crippen LogP contribution is -2.17. The maximum Gasteiger partial charge on any atom is 0.251 e. The summed E-state index contributed by atoms with van der Waals surface area (Å²) in [6.45, 7) is 0.546. The van der Waals surface area contributed by atoms with E-state index in [2.05, 4.69) is 16.4 Å². The average molecular weight is 468 g/mol. The summed E-state index contributed by atoms with van der Waals surface area (Å²) in [5.41, 5.74) is 10.6. The third-order valence-electron chi connectivity index (χ3n) is 5.15. The minimum absolute atomic E-state index is 0.134. The first-order valence-corrected chi connectivity index (χ1v) is 11.7. The van der Waals surface area contributed by atoms with Crippen LogP contribution in [0.25, 0.3) is 31.5 Å². The maximum atomic E-state index is 12.0. The molecule has 0 radical (unpaired) electrons. The molecule has 0 bridgehead atoms. The van der Waals surface area contributed by atoms with Crippen LogP contribution in [-0.4, -0.2) is 24.5 Å². The lowest BCUT2D eigenvalue weighted by Gasteiger charge is -2.09. The van der Waals surface area contributed by atoms with Crippen LogP contribution in [0.4, 0.5) is 5.13 Å². The molecule has 0 saturated carbocycles. The third kappa shape index (κ3) is 3.59. The van der Waals surface area contributed by atoms with Crippen LogP contribution in [-0.2, 0) is 6.42 Å². The maximum absolute atomic E-state index is 12.0. The summed E-state index contributed by atoms with van der Waals surface area (Å²) < 4.78 is 5.96. The van der Waals surface area contributed by atoms with Gasteiger partial charge in [0.25, 0.3) is 5.91 Å². The Balaban J connectivity index is 1.63. The number of nitrogen functional groups attached to an aromatic ring is 1. The standard InChI is InChI=1S/C23H18ClN3O2S2/c1-26-22(28)13-6-7-15-17(10-13)29-9-8-12-11-18(30-20(12)15)19-21(31-23(25)27-19)14-4-2-3-5-16(14)24/h2-7,10-11H,8-9H2,1H3,(H2,25,27)(H,26,28). The molecular formula is C23H18ClN3O2S2. The zero-order valence-electron chi connectivity index (χ0n) is 16.6. The Kier molecular flexibility index (Phi) is 5.17. The molecule has 4 aromatic rings. The molecule has 5 nitrogen and oxygen atoms in total. The molecular weight excluding hydrogens is 450 g/mol. The Morgan fingerprint density at radius 3 is 2.77 bits per heavy atom. The molecule has 1 aliphatic heterocycles. The van der Waals surface area contributed by atoms with Gasteiger partial charge in [0.05, 0.1) is 16.4 Å². The topological polar surface area (TPSA) is 77.2 Å². The van der Waals surface area contributed by atoms with Crippen LogP contribution >= 0.6 is 34.3 Å². The van der Waals surface area contributed by atoms with Gasteiger partial charge in [0.1, 0.15) is 11.4 Å². The van der Waals surface area contributed by atoms with Crippen LogP contribution in [0.5, 0.6) is 5.75 Å². The molecule has 1 aliphatic rings. The van der Waals surface area contributed by atoms with Gasteiger partial charge in [-0.15, -0.1) is 11.3 Å². The number of benzene rings is 2. The highest BCUT2D eigenvalue weighted by atomic mass is 35.5. The van der Waals surface area contributed by atoms with E-state index >= 15 is 0 Å². The van der Waals surface area contributed by atoms with E-state index in [1.165, 1.54) is 16.9 Å². The number of carbonyl (C=O) groups is 1. The van der Waals surface area contributed by atoms with Crippen molar-refractivity contribution in [3.05, 3.63) is 64.7 Å². The Morgan fingerprint density at radius 1 is 1.13 bits per heavy atom. The molecule has 0 atom stereocenters. The molecule has 3 heterocycles. The molecule has 1 amide bonds. The molecule has 31 heavy (non-hydrogen) atoms. The van der Waals surface area contributed by atoms with Gasteiger partial charge in [-0.2, -0.15) is 0 Å². The van der Waals surface area contributed by atoms with Crippen LogP contribution in [0, 0.1) is 0 Å². The number of nitrogens with one attached hydrogen (secondary N) is 1. The van der Waals surface area contributed by atoms with Gasteiger partial charge in [-0.25, -0.2) is 4.98 Å². The number of fused-ring (bicyclic) bond motifs is 3. The lowest BCUT2D eigenvalue weighted by molar-refractivity contribution is 0.0962. The second kappa shape index (κ2) is 8.00. The van der Waals surface area contributed by atoms with Crippen molar-refractivity contribution in [3.63, 3.8) is 0 Å². The van der Waals surface area contributed by atoms with E-state index in [1.54, 1.807) is 24.5 Å². The van der Waals surface area contributed by atoms with Crippen molar-refractivity contribution in [1.82, 2.24) is 10.3 Å². The monoisotopic (exact) mass is 467 g/mol. The number of amides is 1. The predicted molar refractivity (Wildman–Crippen MR) is 128 cm³/mol. The number of halogens is 1. The van der Waals surface area contributed by atoms with Crippen molar-refractivity contribution in [2.24, 2.45) is 0 Å². The van der Waals surface area contributed by atoms with Crippen molar-refractivity contribution in [3.8, 4) is 37.2 Å². The number of carbonyl (C=O) groups excluding carboxylic acids is 1. The largest absolute Gasteiger partial charge is 0.493 e. The van der Waals surface area contributed by atoms with Crippen LogP contribution in [0.1, 0.15) is 15.9 Å². The SMILES string of the molecule is CNC(=O)c1ccc2c(c1)OCCc1cc(-c3nc(N)sc3-c3ccccc3Cl)sc1-2. The molecule has 0 saturated heterocycles. The highest BCUT2D eigenvalue weighted by Crippen LogP contribution is 2.48. The van der Waals surface area contributed by atoms with Crippen LogP contribution in [0.2, 0.25) is 5.02 Å². The fourth-order valence-electron chi connectivity index (χ4n) is 3.68. The molecule has 156 valence electrons. The van der Waals surface area contributed by atoms with E-state index in [0.29, 0.717) is 22.3 Å². The Morgan fingerprint density at radius 2 is 1.97 bits per heavy atom. The van der Waals surface area contributed by atoms with Gasteiger partial charge in [0.2, 0.25) is 0 Å². The van der Waals surface area contributed by atoms with Crippen molar-refractivity contribution < 1.29 is 9.53 Å². The second-order valence-electron chi connectivity index (χ2n) is 7.06. The number of hydrogen-bond donors (Lipinski definition) is 2. The van der Waals surface area contributed by atoms with Gasteiger partial charge in [-0.05, 0) is 35.9 Å². The van der Waals surface area contributed by atoms with E-state index < -0.39 is 0 Å². The molecule has 0 aliphatic carbocycles. The normalized spacial score (nSPS) is 12.5. The van der Waals surface area contributed by atoms with Gasteiger partial charge in [-0.1, -0.05) is 41.1 Å². The van der Waals surface area contributed by atoms with Crippen molar-refractivity contribution >= 4 is 45.3 Å². The highest BCUT2D eigenvalue weighted by Gasteiger charge is 2.24. The Labute approximate surface area is 192 Å². The first kappa shape index (κ1) is 20.1. The van der Waals surface area contributed by atoms with Gasteiger partial charge in [0.15, 0.2) is 5.13 Å². The van der Waals surface area contributed by atoms with Crippen LogP contribution in [0.3, 0.4) is 0 Å². The Hall–Kier alpha value is -2.87. The summed E-state index contributed by atoms with van der Waals surface area (Å²) in [4.78, 5) is 19.8. The summed E-state index contributed by atoms with van der Waals surface area (Å²) in [7, 11) is 1.62. The predicted octanol–water partition coefficient (Wildman–Crippen LogP) is 5.74. The third-order valence-corrected chi connectivity index (χ3v) is 7.61. The first-order valence-electron chi connectivity index (χ1n) is 9.68. The summed E-state index contributed by atoms with van der Waals surface area (Å²) in [6.07, 6.45) is 0.775. The molecule has 2 aromatic heterocycles. The second-order valence-corrected chi connectivity index (χ2v) is 9.55. The van der Waals surface area contributed by atoms with E-state index in [9.17, 15) is 4.79 Å². The number of nitrogens with two attached hydrogens (primary N) is 1. The Bertz CT molecular complexity index is 1310. The van der Waals surface area contributed by atoms with Gasteiger partial charge >= 0.3 is 0 Å². The van der Waals surface area contributed by atoms with Crippen LogP contribution in [0.15, 0.2) is 48.5 Å². The minimum Gasteiger partial charge on any atom is -0.493 e. The number of nitrogens with zero attached hydrogens (tertiary/aromatic N) is 1. The van der Waals surface area contributed by atoms with E-state index in [-0.39, 0.29) is 5.91 Å². The van der Waals surface area contributed by atoms with Crippen LogP contribution < -0.4 is 15.8 Å². The number of thiazole rings is 1. The summed E-state index contributed by atoms with van der Waals surface area (Å²) in [5, 5.41) is 3.83. The van der Waals surface area contributed by atoms with Crippen molar-refractivity contribution in [2.75, 3.05) is 19.4 Å². The van der Waals surface area contributed by atoms with E-state index in [4.69, 9.17) is 22.1 Å². The van der Waals surface area contributed by atoms with Gasteiger partial charge < -0.3 is 15.8 Å². The molecule has 0 spiro atoms. The average Bonchev–Trinajstić information content (AvgIpc) is 3.32. The molecule has 0 unspecified atom stereocenters. The number of thiophene rings is 1. The van der Waals surface area contributed by atoms with Crippen molar-refractivity contribution in [1.29, 1.82) is 0 Å². The number of ether oxygens (including phenoxy) is 1. The number of hydrogen-bond acceptors (Lipinski definition) is 6. The first-order chi connectivity index (χ1) is 15.0.